The first kappa shape index (κ1) is 14.2. The zero-order chi connectivity index (χ0) is 11.8. The third-order valence-electron chi connectivity index (χ3n) is 2.06. The smallest absolute Gasteiger partial charge is 0.407 e. The van der Waals surface area contributed by atoms with E-state index < -0.39 is 18.1 Å². The molecule has 0 fully saturated rings. The molecule has 0 aromatic rings. The predicted molar refractivity (Wildman–Crippen MR) is 59.2 cm³/mol. The Morgan fingerprint density at radius 1 is 1.53 bits per heavy atom. The summed E-state index contributed by atoms with van der Waals surface area (Å²) in [5.74, 6) is -1.17. The maximum absolute atomic E-state index is 11.1. The molecule has 88 valence electrons. The third kappa shape index (κ3) is 5.61. The van der Waals surface area contributed by atoms with E-state index in [1.165, 1.54) is 0 Å². The van der Waals surface area contributed by atoms with Gasteiger partial charge in [-0.25, -0.2) is 9.59 Å². The molecule has 0 unspecified atom stereocenters. The Labute approximate surface area is 97.3 Å². The molecular weight excluding hydrogens is 266 g/mol. The molecule has 5 nitrogen and oxygen atoms in total. The van der Waals surface area contributed by atoms with Crippen LogP contribution >= 0.6 is 15.9 Å². The van der Waals surface area contributed by atoms with Crippen LogP contribution in [0, 0.1) is 5.92 Å². The Hall–Kier alpha value is -0.780. The summed E-state index contributed by atoms with van der Waals surface area (Å²) in [7, 11) is 0. The van der Waals surface area contributed by atoms with Gasteiger partial charge in [0.25, 0.3) is 0 Å². The van der Waals surface area contributed by atoms with Crippen LogP contribution in [0.3, 0.4) is 0 Å². The molecular formula is C9H16BrNO4. The number of alkyl carbamates (subject to hydrolysis) is 1. The van der Waals surface area contributed by atoms with Crippen LogP contribution in [0.4, 0.5) is 4.79 Å². The maximum atomic E-state index is 11.1. The summed E-state index contributed by atoms with van der Waals surface area (Å²) >= 11 is 3.09. The standard InChI is InChI=1S/C9H16BrNO4/c1-3-6(2)7(8(12)13)11-9(14)15-5-4-10/h6-7H,3-5H2,1-2H3,(H,11,14)(H,12,13)/t6-,7-/m0/s1. The van der Waals surface area contributed by atoms with Gasteiger partial charge < -0.3 is 15.2 Å². The highest BCUT2D eigenvalue weighted by Crippen LogP contribution is 2.07. The van der Waals surface area contributed by atoms with E-state index in [1.54, 1.807) is 6.92 Å². The molecule has 0 rings (SSSR count). The molecule has 0 aromatic carbocycles. The van der Waals surface area contributed by atoms with E-state index >= 15 is 0 Å². The van der Waals surface area contributed by atoms with Crippen LogP contribution in [-0.2, 0) is 9.53 Å². The molecule has 2 N–H and O–H groups in total. The Balaban J connectivity index is 4.16. The molecule has 0 saturated carbocycles. The van der Waals surface area contributed by atoms with Gasteiger partial charge in [-0.1, -0.05) is 36.2 Å². The van der Waals surface area contributed by atoms with E-state index in [-0.39, 0.29) is 12.5 Å². The molecule has 0 heterocycles. The topological polar surface area (TPSA) is 75.6 Å². The Bertz CT molecular complexity index is 222. The van der Waals surface area contributed by atoms with Gasteiger partial charge in [0.05, 0.1) is 0 Å². The van der Waals surface area contributed by atoms with Gasteiger partial charge in [-0.2, -0.15) is 0 Å². The number of aliphatic carboxylic acids is 1. The van der Waals surface area contributed by atoms with Gasteiger partial charge in [0, 0.05) is 5.33 Å². The van der Waals surface area contributed by atoms with E-state index in [2.05, 4.69) is 21.2 Å². The van der Waals surface area contributed by atoms with E-state index in [9.17, 15) is 9.59 Å². The van der Waals surface area contributed by atoms with Crippen molar-refractivity contribution in [3.05, 3.63) is 0 Å². The van der Waals surface area contributed by atoms with Gasteiger partial charge in [0.15, 0.2) is 0 Å². The normalized spacial score (nSPS) is 14.1. The van der Waals surface area contributed by atoms with Gasteiger partial charge in [-0.3, -0.25) is 0 Å². The maximum Gasteiger partial charge on any atom is 0.407 e. The molecule has 0 bridgehead atoms. The van der Waals surface area contributed by atoms with E-state index in [1.807, 2.05) is 6.92 Å². The Kier molecular flexibility index (Phi) is 7.11. The fourth-order valence-electron chi connectivity index (χ4n) is 0.983. The van der Waals surface area contributed by atoms with Crippen molar-refractivity contribution in [3.63, 3.8) is 0 Å². The van der Waals surface area contributed by atoms with Crippen LogP contribution < -0.4 is 5.32 Å². The minimum absolute atomic E-state index is 0.126. The molecule has 0 spiro atoms. The minimum atomic E-state index is -1.04. The summed E-state index contributed by atoms with van der Waals surface area (Å²) in [5.41, 5.74) is 0. The first-order valence-corrected chi connectivity index (χ1v) is 5.87. The highest BCUT2D eigenvalue weighted by molar-refractivity contribution is 9.09. The summed E-state index contributed by atoms with van der Waals surface area (Å²) in [4.78, 5) is 21.9. The molecule has 6 heteroatoms. The summed E-state index contributed by atoms with van der Waals surface area (Å²) < 4.78 is 4.71. The summed E-state index contributed by atoms with van der Waals surface area (Å²) in [5, 5.41) is 11.7. The van der Waals surface area contributed by atoms with Crippen molar-refractivity contribution in [1.82, 2.24) is 5.32 Å². The SMILES string of the molecule is CC[C@H](C)[C@H](NC(=O)OCCBr)C(=O)O. The van der Waals surface area contributed by atoms with Crippen LogP contribution in [0.15, 0.2) is 0 Å². The van der Waals surface area contributed by atoms with Crippen LogP contribution in [0.5, 0.6) is 0 Å². The first-order chi connectivity index (χ1) is 7.02. The lowest BCUT2D eigenvalue weighted by Gasteiger charge is -2.19. The van der Waals surface area contributed by atoms with Gasteiger partial charge in [-0.15, -0.1) is 0 Å². The fraction of sp³-hybridized carbons (Fsp3) is 0.778. The largest absolute Gasteiger partial charge is 0.480 e. The van der Waals surface area contributed by atoms with E-state index in [4.69, 9.17) is 9.84 Å². The highest BCUT2D eigenvalue weighted by Gasteiger charge is 2.25. The van der Waals surface area contributed by atoms with Crippen molar-refractivity contribution in [1.29, 1.82) is 0 Å². The van der Waals surface area contributed by atoms with Gasteiger partial charge in [-0.05, 0) is 5.92 Å². The molecule has 2 atom stereocenters. The van der Waals surface area contributed by atoms with E-state index in [0.29, 0.717) is 11.8 Å². The monoisotopic (exact) mass is 281 g/mol. The lowest BCUT2D eigenvalue weighted by Crippen LogP contribution is -2.45. The summed E-state index contributed by atoms with van der Waals surface area (Å²) in [6.07, 6.45) is -0.0162. The number of carbonyl (C=O) groups is 2. The molecule has 0 radical (unpaired) electrons. The number of ether oxygens (including phenoxy) is 1. The number of hydrogen-bond donors (Lipinski definition) is 2. The summed E-state index contributed by atoms with van der Waals surface area (Å²) in [6.45, 7) is 3.86. The second-order valence-electron chi connectivity index (χ2n) is 3.17. The fourth-order valence-corrected chi connectivity index (χ4v) is 1.14. The quantitative estimate of drug-likeness (QED) is 0.726. The van der Waals surface area contributed by atoms with Crippen molar-refractivity contribution >= 4 is 28.0 Å². The molecule has 1 amide bonds. The number of amides is 1. The molecule has 15 heavy (non-hydrogen) atoms. The van der Waals surface area contributed by atoms with Gasteiger partial charge >= 0.3 is 12.1 Å². The average Bonchev–Trinajstić information content (AvgIpc) is 2.21. The van der Waals surface area contributed by atoms with Crippen molar-refractivity contribution in [2.45, 2.75) is 26.3 Å². The Morgan fingerprint density at radius 3 is 2.53 bits per heavy atom. The molecule has 0 aliphatic heterocycles. The van der Waals surface area contributed by atoms with Crippen LogP contribution in [-0.4, -0.2) is 35.1 Å². The molecule has 0 aliphatic carbocycles. The second-order valence-corrected chi connectivity index (χ2v) is 3.96. The van der Waals surface area contributed by atoms with Crippen LogP contribution in [0.25, 0.3) is 0 Å². The third-order valence-corrected chi connectivity index (χ3v) is 2.39. The van der Waals surface area contributed by atoms with Gasteiger partial charge in [0.1, 0.15) is 12.6 Å². The minimum Gasteiger partial charge on any atom is -0.480 e. The second kappa shape index (κ2) is 7.50. The number of carbonyl (C=O) groups excluding carboxylic acids is 1. The summed E-state index contributed by atoms with van der Waals surface area (Å²) in [6, 6.07) is -0.891. The van der Waals surface area contributed by atoms with Crippen molar-refractivity contribution < 1.29 is 19.4 Å². The molecule has 0 aliphatic rings. The number of carboxylic acids is 1. The number of rotatable bonds is 6. The van der Waals surface area contributed by atoms with Crippen LogP contribution in [0.2, 0.25) is 0 Å². The average molecular weight is 282 g/mol. The molecule has 0 saturated heterocycles. The first-order valence-electron chi connectivity index (χ1n) is 4.75. The van der Waals surface area contributed by atoms with Crippen molar-refractivity contribution in [3.8, 4) is 0 Å². The highest BCUT2D eigenvalue weighted by atomic mass is 79.9. The van der Waals surface area contributed by atoms with Crippen LogP contribution in [0.1, 0.15) is 20.3 Å². The van der Waals surface area contributed by atoms with Crippen molar-refractivity contribution in [2.75, 3.05) is 11.9 Å². The lowest BCUT2D eigenvalue weighted by atomic mass is 10.00. The number of hydrogen-bond acceptors (Lipinski definition) is 3. The van der Waals surface area contributed by atoms with Crippen molar-refractivity contribution in [2.24, 2.45) is 5.92 Å². The number of alkyl halides is 1. The lowest BCUT2D eigenvalue weighted by molar-refractivity contribution is -0.140. The molecule has 0 aromatic heterocycles. The number of halogens is 1. The van der Waals surface area contributed by atoms with Gasteiger partial charge in [0.2, 0.25) is 0 Å². The van der Waals surface area contributed by atoms with E-state index in [0.717, 1.165) is 0 Å². The number of nitrogens with one attached hydrogen (secondary N) is 1. The predicted octanol–water partition coefficient (Wildman–Crippen LogP) is 1.61. The Morgan fingerprint density at radius 2 is 2.13 bits per heavy atom. The number of carboxylic acid groups (broad SMARTS) is 1. The zero-order valence-corrected chi connectivity index (χ0v) is 10.4. The zero-order valence-electron chi connectivity index (χ0n) is 8.83.